The van der Waals surface area contributed by atoms with E-state index in [4.69, 9.17) is 9.97 Å². The van der Waals surface area contributed by atoms with E-state index in [9.17, 15) is 0 Å². The molecule has 0 saturated carbocycles. The molecule has 0 bridgehead atoms. The summed E-state index contributed by atoms with van der Waals surface area (Å²) in [7, 11) is 0. The molecule has 4 heteroatoms. The van der Waals surface area contributed by atoms with Gasteiger partial charge in [-0.3, -0.25) is 4.90 Å². The van der Waals surface area contributed by atoms with Crippen molar-refractivity contribution < 1.29 is 0 Å². The lowest BCUT2D eigenvalue weighted by atomic mass is 10.0. The molecular weight excluding hydrogens is 416 g/mol. The predicted octanol–water partition coefficient (Wildman–Crippen LogP) is 7.56. The van der Waals surface area contributed by atoms with Gasteiger partial charge in [0, 0.05) is 23.6 Å². The average molecular weight is 439 g/mol. The lowest BCUT2D eigenvalue weighted by Gasteiger charge is -2.24. The zero-order valence-corrected chi connectivity index (χ0v) is 18.5. The topological polar surface area (TPSA) is 34.0 Å². The lowest BCUT2D eigenvalue weighted by Crippen LogP contribution is -2.14. The van der Waals surface area contributed by atoms with Crippen molar-refractivity contribution in [3.05, 3.63) is 134 Å². The molecule has 3 aromatic carbocycles. The molecule has 0 radical (unpaired) electrons. The quantitative estimate of drug-likeness (QED) is 0.278. The van der Waals surface area contributed by atoms with Gasteiger partial charge in [-0.15, -0.1) is 0 Å². The number of hydrogen-bond donors (Lipinski definition) is 0. The number of aromatic nitrogens is 3. The fourth-order valence-corrected chi connectivity index (χ4v) is 4.27. The Labute approximate surface area is 198 Å². The monoisotopic (exact) mass is 438 g/mol. The van der Waals surface area contributed by atoms with Crippen molar-refractivity contribution in [3.63, 3.8) is 0 Å². The highest BCUT2D eigenvalue weighted by Gasteiger charge is 2.17. The van der Waals surface area contributed by atoms with Crippen LogP contribution in [0, 0.1) is 0 Å². The number of anilines is 3. The molecule has 0 spiro atoms. The number of pyridine rings is 2. The molecule has 3 aromatic heterocycles. The number of rotatable bonds is 5. The predicted molar refractivity (Wildman–Crippen MR) is 139 cm³/mol. The fraction of sp³-hybridized carbons (Fsp3) is 0. The second-order valence-corrected chi connectivity index (χ2v) is 8.02. The molecule has 0 aliphatic rings. The van der Waals surface area contributed by atoms with Gasteiger partial charge in [0.25, 0.3) is 0 Å². The first-order valence-corrected chi connectivity index (χ1v) is 11.3. The van der Waals surface area contributed by atoms with Crippen LogP contribution in [0.3, 0.4) is 0 Å². The van der Waals surface area contributed by atoms with Crippen molar-refractivity contribution in [1.82, 2.24) is 14.5 Å². The molecule has 0 aliphatic heterocycles. The summed E-state index contributed by atoms with van der Waals surface area (Å²) in [5, 5.41) is 2.39. The molecule has 162 valence electrons. The summed E-state index contributed by atoms with van der Waals surface area (Å²) in [6, 6.07) is 41.2. The van der Waals surface area contributed by atoms with E-state index in [0.29, 0.717) is 0 Å². The van der Waals surface area contributed by atoms with Gasteiger partial charge < -0.3 is 4.57 Å². The van der Waals surface area contributed by atoms with Crippen LogP contribution in [0.2, 0.25) is 0 Å². The molecule has 0 amide bonds. The Morgan fingerprint density at radius 1 is 0.529 bits per heavy atom. The summed E-state index contributed by atoms with van der Waals surface area (Å²) >= 11 is 0. The highest BCUT2D eigenvalue weighted by atomic mass is 15.3. The maximum Gasteiger partial charge on any atom is 0.141 e. The standard InChI is InChI=1S/C30H22N4/c1-2-13-24(14-3-1)34(30-20-10-18-28(32-30)33-21-6-7-22-33)29-19-9-17-27(31-29)26-16-8-12-23-11-4-5-15-25(23)26/h1-22H. The first kappa shape index (κ1) is 19.9. The number of para-hydroxylation sites is 1. The smallest absolute Gasteiger partial charge is 0.141 e. The van der Waals surface area contributed by atoms with E-state index in [1.54, 1.807) is 0 Å². The summed E-state index contributed by atoms with van der Waals surface area (Å²) < 4.78 is 2.01. The summed E-state index contributed by atoms with van der Waals surface area (Å²) in [5.41, 5.74) is 3.04. The Morgan fingerprint density at radius 3 is 2.06 bits per heavy atom. The minimum Gasteiger partial charge on any atom is -0.309 e. The molecule has 0 N–H and O–H groups in total. The second kappa shape index (κ2) is 8.68. The highest BCUT2D eigenvalue weighted by molar-refractivity contribution is 5.96. The molecule has 3 heterocycles. The molecule has 6 rings (SSSR count). The molecule has 0 atom stereocenters. The van der Waals surface area contributed by atoms with Crippen molar-refractivity contribution in [2.75, 3.05) is 4.90 Å². The third kappa shape index (κ3) is 3.71. The fourth-order valence-electron chi connectivity index (χ4n) is 4.27. The van der Waals surface area contributed by atoms with E-state index in [1.807, 2.05) is 71.6 Å². The van der Waals surface area contributed by atoms with Gasteiger partial charge >= 0.3 is 0 Å². The van der Waals surface area contributed by atoms with Crippen molar-refractivity contribution in [2.45, 2.75) is 0 Å². The van der Waals surface area contributed by atoms with E-state index >= 15 is 0 Å². The van der Waals surface area contributed by atoms with Crippen LogP contribution in [0.4, 0.5) is 17.3 Å². The second-order valence-electron chi connectivity index (χ2n) is 8.02. The van der Waals surface area contributed by atoms with Gasteiger partial charge in [0.15, 0.2) is 0 Å². The van der Waals surface area contributed by atoms with Crippen molar-refractivity contribution >= 4 is 28.1 Å². The van der Waals surface area contributed by atoms with E-state index in [1.165, 1.54) is 10.8 Å². The van der Waals surface area contributed by atoms with Crippen molar-refractivity contribution in [2.24, 2.45) is 0 Å². The molecule has 6 aromatic rings. The van der Waals surface area contributed by atoms with E-state index in [2.05, 4.69) is 71.6 Å². The third-order valence-corrected chi connectivity index (χ3v) is 5.86. The number of nitrogens with zero attached hydrogens (tertiary/aromatic N) is 4. The summed E-state index contributed by atoms with van der Waals surface area (Å²) in [5.74, 6) is 2.47. The van der Waals surface area contributed by atoms with E-state index in [-0.39, 0.29) is 0 Å². The Bertz CT molecular complexity index is 1550. The van der Waals surface area contributed by atoms with Gasteiger partial charge in [-0.25, -0.2) is 9.97 Å². The van der Waals surface area contributed by atoms with Crippen LogP contribution in [0.5, 0.6) is 0 Å². The maximum atomic E-state index is 5.12. The van der Waals surface area contributed by atoms with Crippen LogP contribution in [-0.4, -0.2) is 14.5 Å². The largest absolute Gasteiger partial charge is 0.309 e. The number of hydrogen-bond acceptors (Lipinski definition) is 3. The summed E-state index contributed by atoms with van der Waals surface area (Å²) in [6.07, 6.45) is 4.00. The molecule has 0 aliphatic carbocycles. The zero-order valence-electron chi connectivity index (χ0n) is 18.5. The van der Waals surface area contributed by atoms with Crippen LogP contribution < -0.4 is 4.90 Å². The summed E-state index contributed by atoms with van der Waals surface area (Å²) in [4.78, 5) is 12.2. The molecule has 0 saturated heterocycles. The van der Waals surface area contributed by atoms with Crippen molar-refractivity contribution in [1.29, 1.82) is 0 Å². The van der Waals surface area contributed by atoms with Gasteiger partial charge in [-0.05, 0) is 59.3 Å². The van der Waals surface area contributed by atoms with Gasteiger partial charge in [-0.2, -0.15) is 0 Å². The zero-order chi connectivity index (χ0) is 22.7. The van der Waals surface area contributed by atoms with Crippen LogP contribution >= 0.6 is 0 Å². The number of benzene rings is 3. The summed E-state index contributed by atoms with van der Waals surface area (Å²) in [6.45, 7) is 0. The minimum absolute atomic E-state index is 0.806. The molecular formula is C30H22N4. The lowest BCUT2D eigenvalue weighted by molar-refractivity contribution is 0.995. The van der Waals surface area contributed by atoms with Gasteiger partial charge in [0.05, 0.1) is 5.69 Å². The molecule has 4 nitrogen and oxygen atoms in total. The maximum absolute atomic E-state index is 5.12. The number of fused-ring (bicyclic) bond motifs is 1. The Morgan fingerprint density at radius 2 is 1.21 bits per heavy atom. The minimum atomic E-state index is 0.806. The highest BCUT2D eigenvalue weighted by Crippen LogP contribution is 2.34. The SMILES string of the molecule is c1ccc(N(c2cccc(-c3cccc4ccccc34)n2)c2cccc(-n3cccc3)n2)cc1. The molecule has 34 heavy (non-hydrogen) atoms. The molecule has 0 fully saturated rings. The average Bonchev–Trinajstić information content (AvgIpc) is 3.45. The van der Waals surface area contributed by atoms with E-state index < -0.39 is 0 Å². The Balaban J connectivity index is 1.51. The van der Waals surface area contributed by atoms with Gasteiger partial charge in [-0.1, -0.05) is 72.8 Å². The van der Waals surface area contributed by atoms with Gasteiger partial charge in [0.2, 0.25) is 0 Å². The van der Waals surface area contributed by atoms with Crippen molar-refractivity contribution in [3.8, 4) is 17.1 Å². The Kier molecular flexibility index (Phi) is 5.09. The van der Waals surface area contributed by atoms with Crippen LogP contribution in [0.15, 0.2) is 134 Å². The van der Waals surface area contributed by atoms with Crippen LogP contribution in [0.1, 0.15) is 0 Å². The Hall–Kier alpha value is -4.70. The first-order valence-electron chi connectivity index (χ1n) is 11.3. The third-order valence-electron chi connectivity index (χ3n) is 5.86. The van der Waals surface area contributed by atoms with E-state index in [0.717, 1.165) is 34.4 Å². The van der Waals surface area contributed by atoms with Crippen LogP contribution in [0.25, 0.3) is 27.8 Å². The first-order chi connectivity index (χ1) is 16.9. The molecule has 0 unspecified atom stereocenters. The van der Waals surface area contributed by atoms with Gasteiger partial charge in [0.1, 0.15) is 17.5 Å². The van der Waals surface area contributed by atoms with Crippen LogP contribution in [-0.2, 0) is 0 Å². The normalized spacial score (nSPS) is 10.9.